The minimum atomic E-state index is 0.705. The van der Waals surface area contributed by atoms with Crippen molar-refractivity contribution in [3.63, 3.8) is 0 Å². The van der Waals surface area contributed by atoms with Gasteiger partial charge in [-0.25, -0.2) is 0 Å². The van der Waals surface area contributed by atoms with Gasteiger partial charge in [0.15, 0.2) is 0 Å². The molecule has 3 nitrogen and oxygen atoms in total. The monoisotopic (exact) mass is 347 g/mol. The van der Waals surface area contributed by atoms with Gasteiger partial charge >= 0.3 is 0 Å². The third kappa shape index (κ3) is 3.01. The lowest BCUT2D eigenvalue weighted by atomic mass is 10.0. The molecule has 0 amide bonds. The molecule has 0 spiro atoms. The van der Waals surface area contributed by atoms with Gasteiger partial charge in [-0.15, -0.1) is 0 Å². The maximum Gasteiger partial charge on any atom is 0.0523 e. The number of rotatable bonds is 6. The highest BCUT2D eigenvalue weighted by Gasteiger charge is 2.31. The summed E-state index contributed by atoms with van der Waals surface area (Å²) < 4.78 is 2.56. The number of allylic oxidation sites excluding steroid dienone is 1. The van der Waals surface area contributed by atoms with Gasteiger partial charge in [-0.2, -0.15) is 0 Å². The number of hydrogen-bond acceptors (Lipinski definition) is 2. The first kappa shape index (κ1) is 17.2. The molecule has 3 heteroatoms. The number of aromatic nitrogens is 1. The Bertz CT molecular complexity index is 850. The molecule has 26 heavy (non-hydrogen) atoms. The minimum absolute atomic E-state index is 0.705. The molecule has 0 saturated heterocycles. The number of fused-ring (bicyclic) bond motifs is 1. The standard InChI is InChI=1S/C23H29N3/c1-5-20-13-22-17(3)25(15-19-8-6-18(7-9-19)14-24-4)16(2)12-23(22)26(20)21-10-11-21/h6-9,12-13,21,24H,3,5,10-11,14-15H2,1-2,4H3. The van der Waals surface area contributed by atoms with E-state index in [-0.39, 0.29) is 0 Å². The SMILES string of the molecule is C=C1c2cc(CC)n(C3CC3)c2C=C(C)N1Cc1ccc(CNC)cc1. The Labute approximate surface area is 157 Å². The fraction of sp³-hybridized carbons (Fsp3) is 0.391. The van der Waals surface area contributed by atoms with Gasteiger partial charge in [-0.05, 0) is 56.5 Å². The molecule has 2 heterocycles. The molecule has 0 radical (unpaired) electrons. The summed E-state index contributed by atoms with van der Waals surface area (Å²) in [6.45, 7) is 10.7. The normalized spacial score (nSPS) is 16.7. The van der Waals surface area contributed by atoms with E-state index in [4.69, 9.17) is 0 Å². The van der Waals surface area contributed by atoms with Crippen molar-refractivity contribution in [1.82, 2.24) is 14.8 Å². The Hall–Kier alpha value is -2.26. The smallest absolute Gasteiger partial charge is 0.0523 e. The Morgan fingerprint density at radius 1 is 1.15 bits per heavy atom. The van der Waals surface area contributed by atoms with Gasteiger partial charge in [0.2, 0.25) is 0 Å². The Kier molecular flexibility index (Phi) is 4.49. The van der Waals surface area contributed by atoms with Crippen molar-refractivity contribution < 1.29 is 0 Å². The van der Waals surface area contributed by atoms with Gasteiger partial charge in [0.05, 0.1) is 5.69 Å². The van der Waals surface area contributed by atoms with Crippen LogP contribution in [0.25, 0.3) is 11.8 Å². The molecule has 2 aromatic rings. The fourth-order valence-electron chi connectivity index (χ4n) is 4.01. The van der Waals surface area contributed by atoms with Crippen LogP contribution in [0.5, 0.6) is 0 Å². The summed E-state index contributed by atoms with van der Waals surface area (Å²) in [5, 5.41) is 3.20. The largest absolute Gasteiger partial charge is 0.341 e. The van der Waals surface area contributed by atoms with Gasteiger partial charge < -0.3 is 14.8 Å². The topological polar surface area (TPSA) is 20.2 Å². The summed E-state index contributed by atoms with van der Waals surface area (Å²) >= 11 is 0. The second-order valence-electron chi connectivity index (χ2n) is 7.55. The van der Waals surface area contributed by atoms with Crippen LogP contribution in [-0.4, -0.2) is 16.5 Å². The lowest BCUT2D eigenvalue weighted by Crippen LogP contribution is -2.22. The van der Waals surface area contributed by atoms with Crippen molar-refractivity contribution in [2.45, 2.75) is 52.2 Å². The zero-order valence-electron chi connectivity index (χ0n) is 16.2. The minimum Gasteiger partial charge on any atom is -0.341 e. The highest BCUT2D eigenvalue weighted by molar-refractivity contribution is 5.78. The molecular formula is C23H29N3. The van der Waals surface area contributed by atoms with E-state index in [9.17, 15) is 0 Å². The van der Waals surface area contributed by atoms with Gasteiger partial charge in [-0.1, -0.05) is 37.8 Å². The summed E-state index contributed by atoms with van der Waals surface area (Å²) in [6.07, 6.45) is 6.07. The van der Waals surface area contributed by atoms with E-state index < -0.39 is 0 Å². The maximum absolute atomic E-state index is 4.46. The molecule has 1 N–H and O–H groups in total. The van der Waals surface area contributed by atoms with Gasteiger partial charge in [0, 0.05) is 41.8 Å². The van der Waals surface area contributed by atoms with Gasteiger partial charge in [0.1, 0.15) is 0 Å². The van der Waals surface area contributed by atoms with Crippen LogP contribution in [0.1, 0.15) is 60.8 Å². The van der Waals surface area contributed by atoms with Crippen LogP contribution in [0.3, 0.4) is 0 Å². The molecule has 1 aliphatic heterocycles. The summed E-state index contributed by atoms with van der Waals surface area (Å²) in [6, 6.07) is 12.0. The highest BCUT2D eigenvalue weighted by Crippen LogP contribution is 2.43. The van der Waals surface area contributed by atoms with Crippen molar-refractivity contribution in [2.24, 2.45) is 0 Å². The number of benzene rings is 1. The molecule has 0 bridgehead atoms. The first-order chi connectivity index (χ1) is 12.6. The van der Waals surface area contributed by atoms with Crippen LogP contribution < -0.4 is 5.32 Å². The predicted octanol–water partition coefficient (Wildman–Crippen LogP) is 4.95. The highest BCUT2D eigenvalue weighted by atomic mass is 15.2. The molecule has 1 aromatic heterocycles. The lowest BCUT2D eigenvalue weighted by molar-refractivity contribution is 0.483. The number of aryl methyl sites for hydroxylation is 1. The molecule has 136 valence electrons. The molecule has 0 atom stereocenters. The summed E-state index contributed by atoms with van der Waals surface area (Å²) in [4.78, 5) is 2.35. The summed E-state index contributed by atoms with van der Waals surface area (Å²) in [5.74, 6) is 0. The third-order valence-electron chi connectivity index (χ3n) is 5.58. The maximum atomic E-state index is 4.46. The van der Waals surface area contributed by atoms with Crippen molar-refractivity contribution in [2.75, 3.05) is 7.05 Å². The molecule has 1 aromatic carbocycles. The fourth-order valence-corrected chi connectivity index (χ4v) is 4.01. The zero-order valence-corrected chi connectivity index (χ0v) is 16.2. The molecule has 1 saturated carbocycles. The van der Waals surface area contributed by atoms with Crippen LogP contribution in [0.4, 0.5) is 0 Å². The van der Waals surface area contributed by atoms with Crippen molar-refractivity contribution in [3.05, 3.63) is 70.7 Å². The Morgan fingerprint density at radius 2 is 1.85 bits per heavy atom. The van der Waals surface area contributed by atoms with Crippen LogP contribution in [0.15, 0.2) is 42.6 Å². The lowest BCUT2D eigenvalue weighted by Gasteiger charge is -2.31. The number of nitrogens with zero attached hydrogens (tertiary/aromatic N) is 2. The van der Waals surface area contributed by atoms with Crippen LogP contribution in [0, 0.1) is 0 Å². The molecule has 4 rings (SSSR count). The van der Waals surface area contributed by atoms with E-state index in [0.29, 0.717) is 6.04 Å². The predicted molar refractivity (Wildman–Crippen MR) is 110 cm³/mol. The van der Waals surface area contributed by atoms with Gasteiger partial charge in [0.25, 0.3) is 0 Å². The second kappa shape index (κ2) is 6.81. The first-order valence-electron chi connectivity index (χ1n) is 9.74. The molecule has 2 aliphatic rings. The van der Waals surface area contributed by atoms with Crippen LogP contribution in [0.2, 0.25) is 0 Å². The van der Waals surface area contributed by atoms with E-state index in [1.807, 2.05) is 7.05 Å². The van der Waals surface area contributed by atoms with Crippen molar-refractivity contribution >= 4 is 11.8 Å². The number of hydrogen-bond donors (Lipinski definition) is 1. The van der Waals surface area contributed by atoms with Crippen LogP contribution >= 0.6 is 0 Å². The summed E-state index contributed by atoms with van der Waals surface area (Å²) in [7, 11) is 1.98. The molecular weight excluding hydrogens is 318 g/mol. The average Bonchev–Trinajstić information content (AvgIpc) is 3.41. The average molecular weight is 348 g/mol. The number of nitrogens with one attached hydrogen (secondary N) is 1. The first-order valence-corrected chi connectivity index (χ1v) is 9.74. The van der Waals surface area contributed by atoms with Crippen molar-refractivity contribution in [1.29, 1.82) is 0 Å². The quantitative estimate of drug-likeness (QED) is 0.797. The third-order valence-corrected chi connectivity index (χ3v) is 5.58. The Balaban J connectivity index is 1.61. The van der Waals surface area contributed by atoms with E-state index in [1.165, 1.54) is 46.6 Å². The van der Waals surface area contributed by atoms with E-state index >= 15 is 0 Å². The van der Waals surface area contributed by atoms with E-state index in [1.54, 1.807) is 0 Å². The van der Waals surface area contributed by atoms with Gasteiger partial charge in [-0.3, -0.25) is 0 Å². The second-order valence-corrected chi connectivity index (χ2v) is 7.55. The summed E-state index contributed by atoms with van der Waals surface area (Å²) in [5.41, 5.74) is 9.18. The van der Waals surface area contributed by atoms with E-state index in [2.05, 4.69) is 71.6 Å². The molecule has 1 aliphatic carbocycles. The molecule has 1 fully saturated rings. The van der Waals surface area contributed by atoms with Crippen LogP contribution in [-0.2, 0) is 19.5 Å². The van der Waals surface area contributed by atoms with E-state index in [0.717, 1.165) is 25.2 Å². The van der Waals surface area contributed by atoms with Crippen molar-refractivity contribution in [3.8, 4) is 0 Å². The Morgan fingerprint density at radius 3 is 2.46 bits per heavy atom. The molecule has 0 unspecified atom stereocenters. The zero-order chi connectivity index (χ0) is 18.3.